The van der Waals surface area contributed by atoms with Crippen molar-refractivity contribution in [2.24, 2.45) is 5.73 Å². The summed E-state index contributed by atoms with van der Waals surface area (Å²) in [7, 11) is 0. The van der Waals surface area contributed by atoms with Gasteiger partial charge in [-0.3, -0.25) is 4.79 Å². The molecule has 0 spiro atoms. The van der Waals surface area contributed by atoms with E-state index in [0.717, 1.165) is 23.9 Å². The third kappa shape index (κ3) is 6.82. The number of aromatic nitrogens is 1. The Morgan fingerprint density at radius 1 is 0.939 bits per heavy atom. The average molecular weight is 460 g/mol. The highest BCUT2D eigenvalue weighted by atomic mass is 35.5. The van der Waals surface area contributed by atoms with Crippen molar-refractivity contribution in [3.8, 4) is 0 Å². The first-order chi connectivity index (χ1) is 15.7. The van der Waals surface area contributed by atoms with Crippen molar-refractivity contribution >= 4 is 35.3 Å². The monoisotopic (exact) mass is 459 g/mol. The van der Waals surface area contributed by atoms with E-state index in [-0.39, 0.29) is 24.4 Å². The van der Waals surface area contributed by atoms with Crippen LogP contribution in [0.15, 0.2) is 97.2 Å². The first-order valence-electron chi connectivity index (χ1n) is 11.1. The Hall–Kier alpha value is -3.34. The largest absolute Gasteiger partial charge is 0.361 e. The minimum atomic E-state index is -0.130. The fourth-order valence-corrected chi connectivity index (χ4v) is 3.99. The van der Waals surface area contributed by atoms with Crippen LogP contribution in [-0.4, -0.2) is 34.9 Å². The number of carbonyl (C=O) groups excluding carboxylic acids is 1. The van der Waals surface area contributed by atoms with Crippen LogP contribution in [-0.2, 0) is 17.6 Å². The van der Waals surface area contributed by atoms with E-state index in [4.69, 9.17) is 5.73 Å². The van der Waals surface area contributed by atoms with Gasteiger partial charge >= 0.3 is 0 Å². The van der Waals surface area contributed by atoms with Crippen molar-refractivity contribution in [1.82, 2.24) is 9.88 Å². The van der Waals surface area contributed by atoms with Gasteiger partial charge in [-0.1, -0.05) is 78.9 Å². The number of H-pyrrole nitrogens is 1. The predicted molar refractivity (Wildman–Crippen MR) is 139 cm³/mol. The normalized spacial score (nSPS) is 11.9. The molecule has 0 aliphatic rings. The Morgan fingerprint density at radius 2 is 1.61 bits per heavy atom. The summed E-state index contributed by atoms with van der Waals surface area (Å²) in [6.07, 6.45) is 7.06. The second kappa shape index (κ2) is 12.0. The number of nitrogens with two attached hydrogens (primary N) is 1. The third-order valence-electron chi connectivity index (χ3n) is 5.65. The zero-order chi connectivity index (χ0) is 22.2. The first-order valence-corrected chi connectivity index (χ1v) is 11.1. The number of halogens is 1. The van der Waals surface area contributed by atoms with Gasteiger partial charge in [0.25, 0.3) is 0 Å². The standard InChI is InChI=1S/C28H29N3O.ClH/c29-25(19-23-11-5-2-6-12-23)21-31(28(32)16-15-22-9-3-1-4-10-22)18-17-24-20-30-27-14-8-7-13-26(24)27;/h1-16,20,25,30H,17-19,21,29H2;1H/b16-15+;/t25-;/m0./s1. The van der Waals surface area contributed by atoms with E-state index in [2.05, 4.69) is 29.2 Å². The van der Waals surface area contributed by atoms with Crippen LogP contribution < -0.4 is 5.73 Å². The van der Waals surface area contributed by atoms with Crippen molar-refractivity contribution in [3.05, 3.63) is 114 Å². The lowest BCUT2D eigenvalue weighted by Gasteiger charge is -2.25. The fraction of sp³-hybridized carbons (Fsp3) is 0.179. The van der Waals surface area contributed by atoms with Gasteiger partial charge in [0.05, 0.1) is 0 Å². The summed E-state index contributed by atoms with van der Waals surface area (Å²) in [6.45, 7) is 1.12. The quantitative estimate of drug-likeness (QED) is 0.336. The van der Waals surface area contributed by atoms with Crippen molar-refractivity contribution < 1.29 is 4.79 Å². The van der Waals surface area contributed by atoms with Crippen LogP contribution in [0.5, 0.6) is 0 Å². The summed E-state index contributed by atoms with van der Waals surface area (Å²) < 4.78 is 0. The molecule has 0 saturated heterocycles. The summed E-state index contributed by atoms with van der Waals surface area (Å²) >= 11 is 0. The molecule has 170 valence electrons. The molecular weight excluding hydrogens is 430 g/mol. The molecule has 0 fully saturated rings. The zero-order valence-corrected chi connectivity index (χ0v) is 19.4. The van der Waals surface area contributed by atoms with Crippen molar-refractivity contribution in [2.75, 3.05) is 13.1 Å². The Labute approximate surface area is 201 Å². The molecule has 0 aliphatic carbocycles. The summed E-state index contributed by atoms with van der Waals surface area (Å²) in [6, 6.07) is 28.2. The van der Waals surface area contributed by atoms with E-state index in [1.165, 1.54) is 16.5 Å². The number of hydrogen-bond donors (Lipinski definition) is 2. The van der Waals surface area contributed by atoms with E-state index >= 15 is 0 Å². The van der Waals surface area contributed by atoms with Gasteiger partial charge < -0.3 is 15.6 Å². The van der Waals surface area contributed by atoms with Crippen molar-refractivity contribution in [3.63, 3.8) is 0 Å². The van der Waals surface area contributed by atoms with E-state index in [1.807, 2.05) is 77.8 Å². The summed E-state index contributed by atoms with van der Waals surface area (Å²) in [5, 5.41) is 1.20. The van der Waals surface area contributed by atoms with Gasteiger partial charge in [-0.25, -0.2) is 0 Å². The number of hydrogen-bond acceptors (Lipinski definition) is 2. The molecule has 4 aromatic rings. The molecule has 1 heterocycles. The number of aromatic amines is 1. The molecule has 3 aromatic carbocycles. The first kappa shape index (κ1) is 24.3. The maximum Gasteiger partial charge on any atom is 0.246 e. The molecule has 4 rings (SSSR count). The highest BCUT2D eigenvalue weighted by molar-refractivity contribution is 5.92. The van der Waals surface area contributed by atoms with E-state index in [9.17, 15) is 4.79 Å². The Kier molecular flexibility index (Phi) is 8.87. The van der Waals surface area contributed by atoms with Crippen molar-refractivity contribution in [2.45, 2.75) is 18.9 Å². The lowest BCUT2D eigenvalue weighted by molar-refractivity contribution is -0.126. The average Bonchev–Trinajstić information content (AvgIpc) is 3.24. The van der Waals surface area contributed by atoms with Gasteiger partial charge in [-0.15, -0.1) is 12.4 Å². The summed E-state index contributed by atoms with van der Waals surface area (Å²) in [4.78, 5) is 18.3. The van der Waals surface area contributed by atoms with Gasteiger partial charge in [0.2, 0.25) is 5.91 Å². The molecule has 4 nitrogen and oxygen atoms in total. The van der Waals surface area contributed by atoms with Crippen LogP contribution in [0, 0.1) is 0 Å². The summed E-state index contributed by atoms with van der Waals surface area (Å²) in [5.41, 5.74) is 11.0. The Morgan fingerprint density at radius 3 is 2.36 bits per heavy atom. The smallest absolute Gasteiger partial charge is 0.246 e. The molecule has 1 aromatic heterocycles. The number of nitrogens with one attached hydrogen (secondary N) is 1. The van der Waals surface area contributed by atoms with Crippen LogP contribution in [0.1, 0.15) is 16.7 Å². The maximum absolute atomic E-state index is 13.1. The number of fused-ring (bicyclic) bond motifs is 1. The summed E-state index contributed by atoms with van der Waals surface area (Å²) in [5.74, 6) is -0.0165. The van der Waals surface area contributed by atoms with Crippen LogP contribution in [0.2, 0.25) is 0 Å². The third-order valence-corrected chi connectivity index (χ3v) is 5.65. The number of carbonyl (C=O) groups is 1. The van der Waals surface area contributed by atoms with Crippen LogP contribution >= 0.6 is 12.4 Å². The van der Waals surface area contributed by atoms with Gasteiger partial charge in [0.1, 0.15) is 0 Å². The number of rotatable bonds is 9. The molecule has 0 saturated carbocycles. The molecule has 3 N–H and O–H groups in total. The molecule has 0 radical (unpaired) electrons. The van der Waals surface area contributed by atoms with Crippen LogP contribution in [0.25, 0.3) is 17.0 Å². The Bertz CT molecular complexity index is 1170. The number of benzene rings is 3. The predicted octanol–water partition coefficient (Wildman–Crippen LogP) is 5.24. The second-order valence-electron chi connectivity index (χ2n) is 8.09. The minimum absolute atomic E-state index is 0. The molecule has 0 unspecified atom stereocenters. The van der Waals surface area contributed by atoms with Crippen LogP contribution in [0.3, 0.4) is 0 Å². The van der Waals surface area contributed by atoms with E-state index < -0.39 is 0 Å². The van der Waals surface area contributed by atoms with Gasteiger partial charge in [0, 0.05) is 42.3 Å². The molecule has 0 bridgehead atoms. The lowest BCUT2D eigenvalue weighted by Crippen LogP contribution is -2.42. The highest BCUT2D eigenvalue weighted by Crippen LogP contribution is 2.18. The van der Waals surface area contributed by atoms with Crippen LogP contribution in [0.4, 0.5) is 0 Å². The molecule has 1 amide bonds. The molecule has 1 atom stereocenters. The fourth-order valence-electron chi connectivity index (χ4n) is 3.99. The van der Waals surface area contributed by atoms with Gasteiger partial charge in [-0.05, 0) is 41.7 Å². The second-order valence-corrected chi connectivity index (χ2v) is 8.09. The lowest BCUT2D eigenvalue weighted by atomic mass is 10.1. The number of nitrogens with zero attached hydrogens (tertiary/aromatic N) is 1. The number of para-hydroxylation sites is 1. The molecule has 33 heavy (non-hydrogen) atoms. The number of amides is 1. The molecule has 0 aliphatic heterocycles. The molecular formula is C28H30ClN3O. The SMILES string of the molecule is Cl.N[C@@H](Cc1ccccc1)CN(CCc1c[nH]c2ccccc12)C(=O)/C=C/c1ccccc1. The zero-order valence-electron chi connectivity index (χ0n) is 18.6. The maximum atomic E-state index is 13.1. The van der Waals surface area contributed by atoms with E-state index in [0.29, 0.717) is 13.1 Å². The highest BCUT2D eigenvalue weighted by Gasteiger charge is 2.16. The van der Waals surface area contributed by atoms with Gasteiger partial charge in [-0.2, -0.15) is 0 Å². The van der Waals surface area contributed by atoms with Crippen molar-refractivity contribution in [1.29, 1.82) is 0 Å². The van der Waals surface area contributed by atoms with Gasteiger partial charge in [0.15, 0.2) is 0 Å². The minimum Gasteiger partial charge on any atom is -0.361 e. The molecule has 5 heteroatoms. The Balaban J connectivity index is 0.00000306. The topological polar surface area (TPSA) is 62.1 Å². The van der Waals surface area contributed by atoms with E-state index in [1.54, 1.807) is 6.08 Å².